The van der Waals surface area contributed by atoms with E-state index in [1.54, 1.807) is 6.08 Å². The van der Waals surface area contributed by atoms with Gasteiger partial charge in [-0.2, -0.15) is 0 Å². The fraction of sp³-hybridized carbons (Fsp3) is 0.444. The number of carbonyl (C=O) groups is 1. The number of carboxylic acid groups (broad SMARTS) is 1. The molecule has 2 nitrogen and oxygen atoms in total. The lowest BCUT2D eigenvalue weighted by atomic mass is 10.2. The number of carboxylic acids is 1. The van der Waals surface area contributed by atoms with Crippen LogP contribution in [0.5, 0.6) is 0 Å². The third kappa shape index (κ3) is 8.95. The summed E-state index contributed by atoms with van der Waals surface area (Å²) in [5, 5.41) is 8.25. The van der Waals surface area contributed by atoms with Crippen molar-refractivity contribution < 1.29 is 9.90 Å². The van der Waals surface area contributed by atoms with Gasteiger partial charge in [-0.05, 0) is 19.8 Å². The number of unbranched alkanes of at least 4 members (excludes halogenated alkanes) is 1. The molecule has 0 spiro atoms. The molecule has 0 saturated carbocycles. The Morgan fingerprint density at radius 3 is 2.45 bits per heavy atom. The van der Waals surface area contributed by atoms with Crippen molar-refractivity contribution in [2.45, 2.75) is 26.2 Å². The van der Waals surface area contributed by atoms with Crippen LogP contribution < -0.4 is 0 Å². The largest absolute Gasteiger partial charge is 0.481 e. The van der Waals surface area contributed by atoms with Crippen LogP contribution in [0.3, 0.4) is 0 Å². The first kappa shape index (κ1) is 9.95. The van der Waals surface area contributed by atoms with Gasteiger partial charge in [0.2, 0.25) is 0 Å². The van der Waals surface area contributed by atoms with Gasteiger partial charge in [0.15, 0.2) is 0 Å². The van der Waals surface area contributed by atoms with E-state index >= 15 is 0 Å². The molecule has 0 aliphatic rings. The lowest BCUT2D eigenvalue weighted by molar-refractivity contribution is -0.136. The minimum Gasteiger partial charge on any atom is -0.481 e. The second-order valence-corrected chi connectivity index (χ2v) is 2.22. The quantitative estimate of drug-likeness (QED) is 0.487. The highest BCUT2D eigenvalue weighted by Crippen LogP contribution is 1.93. The van der Waals surface area contributed by atoms with Crippen LogP contribution in [0.15, 0.2) is 24.3 Å². The van der Waals surface area contributed by atoms with Gasteiger partial charge < -0.3 is 5.11 Å². The zero-order valence-corrected chi connectivity index (χ0v) is 6.79. The Kier molecular flexibility index (Phi) is 6.39. The number of rotatable bonds is 5. The molecule has 0 atom stereocenters. The molecule has 0 aromatic rings. The molecule has 0 bridgehead atoms. The number of hydrogen-bond donors (Lipinski definition) is 1. The van der Waals surface area contributed by atoms with E-state index < -0.39 is 5.97 Å². The molecule has 0 aromatic heterocycles. The molecule has 2 heteroatoms. The van der Waals surface area contributed by atoms with Crippen molar-refractivity contribution in [3.05, 3.63) is 24.3 Å². The number of hydrogen-bond acceptors (Lipinski definition) is 1. The Hall–Kier alpha value is -1.05. The summed E-state index contributed by atoms with van der Waals surface area (Å²) in [4.78, 5) is 10.0. The Morgan fingerprint density at radius 1 is 1.27 bits per heavy atom. The molecule has 0 aromatic carbocycles. The summed E-state index contributed by atoms with van der Waals surface area (Å²) < 4.78 is 0. The van der Waals surface area contributed by atoms with Crippen LogP contribution in [0.1, 0.15) is 26.2 Å². The van der Waals surface area contributed by atoms with Gasteiger partial charge in [0, 0.05) is 0 Å². The molecule has 0 rings (SSSR count). The molecule has 0 radical (unpaired) electrons. The zero-order valence-electron chi connectivity index (χ0n) is 6.79. The van der Waals surface area contributed by atoms with E-state index in [1.165, 1.54) is 0 Å². The second-order valence-electron chi connectivity index (χ2n) is 2.22. The first-order valence-corrected chi connectivity index (χ1v) is 3.75. The van der Waals surface area contributed by atoms with Crippen molar-refractivity contribution in [3.8, 4) is 0 Å². The maximum absolute atomic E-state index is 10.0. The van der Waals surface area contributed by atoms with Crippen LogP contribution in [-0.4, -0.2) is 11.1 Å². The summed E-state index contributed by atoms with van der Waals surface area (Å²) in [6, 6.07) is 0. The molecule has 1 N–H and O–H groups in total. The topological polar surface area (TPSA) is 37.3 Å². The molecule has 0 fully saturated rings. The molecule has 11 heavy (non-hydrogen) atoms. The lowest BCUT2D eigenvalue weighted by Crippen LogP contribution is -1.89. The molecular formula is C9H14O2. The van der Waals surface area contributed by atoms with Crippen LogP contribution in [-0.2, 0) is 4.79 Å². The van der Waals surface area contributed by atoms with E-state index in [2.05, 4.69) is 6.08 Å². The summed E-state index contributed by atoms with van der Waals surface area (Å²) >= 11 is 0. The van der Waals surface area contributed by atoms with Crippen LogP contribution in [0.4, 0.5) is 0 Å². The standard InChI is InChI=1S/C9H14O2/c1-2-3-4-5-6-7-8-9(10)11/h2-3,6-7H,4-5,8H2,1H3,(H,10,11). The summed E-state index contributed by atoms with van der Waals surface area (Å²) in [6.07, 6.45) is 9.69. The number of allylic oxidation sites excluding steroid dienone is 3. The first-order valence-electron chi connectivity index (χ1n) is 3.75. The molecule has 0 saturated heterocycles. The molecule has 62 valence electrons. The molecular weight excluding hydrogens is 140 g/mol. The summed E-state index contributed by atoms with van der Waals surface area (Å²) in [5.74, 6) is -0.771. The maximum atomic E-state index is 10.0. The van der Waals surface area contributed by atoms with Gasteiger partial charge in [-0.25, -0.2) is 0 Å². The van der Waals surface area contributed by atoms with Crippen molar-refractivity contribution in [1.82, 2.24) is 0 Å². The average molecular weight is 154 g/mol. The van der Waals surface area contributed by atoms with E-state index in [0.717, 1.165) is 12.8 Å². The fourth-order valence-corrected chi connectivity index (χ4v) is 0.661. The van der Waals surface area contributed by atoms with Crippen LogP contribution in [0.25, 0.3) is 0 Å². The minimum atomic E-state index is -0.771. The summed E-state index contributed by atoms with van der Waals surface area (Å²) in [6.45, 7) is 1.97. The van der Waals surface area contributed by atoms with Gasteiger partial charge in [0.25, 0.3) is 0 Å². The molecule has 0 amide bonds. The third-order valence-corrected chi connectivity index (χ3v) is 1.19. The van der Waals surface area contributed by atoms with Crippen molar-refractivity contribution >= 4 is 5.97 Å². The second kappa shape index (κ2) is 7.06. The maximum Gasteiger partial charge on any atom is 0.307 e. The van der Waals surface area contributed by atoms with Gasteiger partial charge >= 0.3 is 5.97 Å². The van der Waals surface area contributed by atoms with Gasteiger partial charge in [0.1, 0.15) is 0 Å². The predicted molar refractivity (Wildman–Crippen MR) is 45.4 cm³/mol. The van der Waals surface area contributed by atoms with Crippen LogP contribution in [0.2, 0.25) is 0 Å². The molecule has 0 aliphatic carbocycles. The van der Waals surface area contributed by atoms with Crippen LogP contribution in [0, 0.1) is 0 Å². The first-order chi connectivity index (χ1) is 5.27. The Bertz CT molecular complexity index is 157. The van der Waals surface area contributed by atoms with E-state index in [-0.39, 0.29) is 6.42 Å². The fourth-order valence-electron chi connectivity index (χ4n) is 0.661. The van der Waals surface area contributed by atoms with Gasteiger partial charge in [-0.1, -0.05) is 24.3 Å². The predicted octanol–water partition coefficient (Wildman–Crippen LogP) is 2.37. The Labute approximate surface area is 67.2 Å². The molecule has 0 heterocycles. The van der Waals surface area contributed by atoms with Crippen molar-refractivity contribution in [3.63, 3.8) is 0 Å². The monoisotopic (exact) mass is 154 g/mol. The lowest BCUT2D eigenvalue weighted by Gasteiger charge is -1.85. The summed E-state index contributed by atoms with van der Waals surface area (Å²) in [5.41, 5.74) is 0. The van der Waals surface area contributed by atoms with Gasteiger partial charge in [-0.3, -0.25) is 4.79 Å². The normalized spacial score (nSPS) is 11.4. The van der Waals surface area contributed by atoms with E-state index in [9.17, 15) is 4.79 Å². The number of aliphatic carboxylic acids is 1. The van der Waals surface area contributed by atoms with Crippen molar-refractivity contribution in [2.24, 2.45) is 0 Å². The van der Waals surface area contributed by atoms with Crippen molar-refractivity contribution in [1.29, 1.82) is 0 Å². The zero-order chi connectivity index (χ0) is 8.53. The average Bonchev–Trinajstić information content (AvgIpc) is 1.96. The highest BCUT2D eigenvalue weighted by atomic mass is 16.4. The minimum absolute atomic E-state index is 0.135. The summed E-state index contributed by atoms with van der Waals surface area (Å²) in [7, 11) is 0. The van der Waals surface area contributed by atoms with Gasteiger partial charge in [-0.15, -0.1) is 0 Å². The van der Waals surface area contributed by atoms with E-state index in [1.807, 2.05) is 19.1 Å². The highest BCUT2D eigenvalue weighted by molar-refractivity contribution is 5.68. The molecule has 0 aliphatic heterocycles. The third-order valence-electron chi connectivity index (χ3n) is 1.19. The Balaban J connectivity index is 3.23. The smallest absolute Gasteiger partial charge is 0.307 e. The Morgan fingerprint density at radius 2 is 1.91 bits per heavy atom. The van der Waals surface area contributed by atoms with Gasteiger partial charge in [0.05, 0.1) is 6.42 Å². The SMILES string of the molecule is CC=CCCC=CCC(=O)O. The highest BCUT2D eigenvalue weighted by Gasteiger charge is 1.87. The van der Waals surface area contributed by atoms with E-state index in [4.69, 9.17) is 5.11 Å². The van der Waals surface area contributed by atoms with Crippen molar-refractivity contribution in [2.75, 3.05) is 0 Å². The van der Waals surface area contributed by atoms with E-state index in [0.29, 0.717) is 0 Å². The molecule has 0 unspecified atom stereocenters. The van der Waals surface area contributed by atoms with Crippen LogP contribution >= 0.6 is 0 Å².